The molecule has 6 heteroatoms. The number of hydrogen-bond donors (Lipinski definition) is 1. The van der Waals surface area contributed by atoms with Crippen LogP contribution in [0.4, 0.5) is 4.79 Å². The van der Waals surface area contributed by atoms with Gasteiger partial charge in [-0.15, -0.1) is 0 Å². The van der Waals surface area contributed by atoms with Gasteiger partial charge in [-0.05, 0) is 12.5 Å². The maximum absolute atomic E-state index is 12.2. The zero-order chi connectivity index (χ0) is 15.3. The van der Waals surface area contributed by atoms with Gasteiger partial charge in [0.05, 0.1) is 0 Å². The fourth-order valence-electron chi connectivity index (χ4n) is 1.91. The molecule has 0 radical (unpaired) electrons. The van der Waals surface area contributed by atoms with Crippen LogP contribution >= 0.6 is 0 Å². The Hall–Kier alpha value is -1.82. The van der Waals surface area contributed by atoms with E-state index in [1.807, 2.05) is 50.0 Å². The van der Waals surface area contributed by atoms with E-state index in [1.165, 1.54) is 11.5 Å². The quantitative estimate of drug-likeness (QED) is 0.848. The molecule has 0 saturated carbocycles. The van der Waals surface area contributed by atoms with Crippen molar-refractivity contribution in [3.05, 3.63) is 35.9 Å². The van der Waals surface area contributed by atoms with Crippen LogP contribution in [0.15, 0.2) is 30.3 Å². The average Bonchev–Trinajstić information content (AvgIpc) is 2.36. The van der Waals surface area contributed by atoms with E-state index in [2.05, 4.69) is 0 Å². The predicted octanol–water partition coefficient (Wildman–Crippen LogP) is 2.93. The van der Waals surface area contributed by atoms with E-state index in [4.69, 9.17) is 9.84 Å². The van der Waals surface area contributed by atoms with Crippen molar-refractivity contribution in [2.24, 2.45) is 0 Å². The summed E-state index contributed by atoms with van der Waals surface area (Å²) < 4.78 is 6.62. The van der Waals surface area contributed by atoms with Gasteiger partial charge in [-0.25, -0.2) is 4.79 Å². The molecule has 0 fully saturated rings. The molecular formula is C14H21NO4Si. The van der Waals surface area contributed by atoms with Crippen molar-refractivity contribution in [1.82, 2.24) is 4.57 Å². The van der Waals surface area contributed by atoms with Crippen LogP contribution in [0.5, 0.6) is 0 Å². The number of carbonyl (C=O) groups is 2. The molecule has 0 aliphatic rings. The van der Waals surface area contributed by atoms with Gasteiger partial charge in [-0.3, -0.25) is 4.79 Å². The zero-order valence-electron chi connectivity index (χ0n) is 12.3. The Morgan fingerprint density at radius 2 is 1.80 bits per heavy atom. The molecule has 1 amide bonds. The molecule has 0 aliphatic heterocycles. The number of aliphatic carboxylic acids is 1. The standard InChI is InChI=1S/C14H21NO4Si/c1-11(13(16)17)15(20(2,3)4)14(18)19-10-12-8-6-5-7-9-12/h5-9,11H,10H2,1-4H3,(H,16,17)/t11-/m1/s1. The number of benzene rings is 1. The molecule has 1 atom stereocenters. The van der Waals surface area contributed by atoms with Crippen molar-refractivity contribution in [2.45, 2.75) is 39.2 Å². The van der Waals surface area contributed by atoms with Crippen LogP contribution in [0.2, 0.25) is 19.6 Å². The van der Waals surface area contributed by atoms with Crippen LogP contribution in [-0.2, 0) is 16.1 Å². The summed E-state index contributed by atoms with van der Waals surface area (Å²) in [7, 11) is -2.14. The Morgan fingerprint density at radius 1 is 1.25 bits per heavy atom. The number of carbonyl (C=O) groups excluding carboxylic acids is 1. The summed E-state index contributed by atoms with van der Waals surface area (Å²) in [6.07, 6.45) is -0.567. The van der Waals surface area contributed by atoms with Crippen LogP contribution < -0.4 is 0 Å². The molecule has 1 aromatic rings. The molecule has 0 aromatic heterocycles. The monoisotopic (exact) mass is 295 g/mol. The van der Waals surface area contributed by atoms with E-state index in [0.717, 1.165) is 5.56 Å². The second kappa shape index (κ2) is 6.56. The van der Waals surface area contributed by atoms with E-state index < -0.39 is 26.3 Å². The average molecular weight is 295 g/mol. The molecular weight excluding hydrogens is 274 g/mol. The molecule has 0 heterocycles. The van der Waals surface area contributed by atoms with E-state index >= 15 is 0 Å². The van der Waals surface area contributed by atoms with Crippen LogP contribution in [0, 0.1) is 0 Å². The van der Waals surface area contributed by atoms with Gasteiger partial charge in [0.15, 0.2) is 8.24 Å². The highest BCUT2D eigenvalue weighted by atomic mass is 28.3. The van der Waals surface area contributed by atoms with Gasteiger partial charge < -0.3 is 14.4 Å². The smallest absolute Gasteiger partial charge is 0.402 e. The van der Waals surface area contributed by atoms with Gasteiger partial charge in [0, 0.05) is 0 Å². The van der Waals surface area contributed by atoms with Crippen molar-refractivity contribution in [2.75, 3.05) is 0 Å². The molecule has 0 saturated heterocycles. The maximum atomic E-state index is 12.2. The van der Waals surface area contributed by atoms with Crippen molar-refractivity contribution >= 4 is 20.3 Å². The molecule has 20 heavy (non-hydrogen) atoms. The first kappa shape index (κ1) is 16.2. The summed E-state index contributed by atoms with van der Waals surface area (Å²) in [5.41, 5.74) is 0.874. The molecule has 0 aliphatic carbocycles. The largest absolute Gasteiger partial charge is 0.480 e. The van der Waals surface area contributed by atoms with Gasteiger partial charge in [0.25, 0.3) is 0 Å². The summed E-state index contributed by atoms with van der Waals surface area (Å²) in [5.74, 6) is -1.02. The molecule has 0 bridgehead atoms. The van der Waals surface area contributed by atoms with Gasteiger partial charge in [0.1, 0.15) is 12.6 Å². The van der Waals surface area contributed by atoms with Crippen molar-refractivity contribution < 1.29 is 19.4 Å². The number of carboxylic acids is 1. The SMILES string of the molecule is C[C@H](C(=O)O)N(C(=O)OCc1ccccc1)[Si](C)(C)C. The fourth-order valence-corrected chi connectivity index (χ4v) is 3.80. The molecule has 0 unspecified atom stereocenters. The number of ether oxygens (including phenoxy) is 1. The summed E-state index contributed by atoms with van der Waals surface area (Å²) in [6.45, 7) is 7.39. The lowest BCUT2D eigenvalue weighted by atomic mass is 10.2. The van der Waals surface area contributed by atoms with Crippen molar-refractivity contribution in [3.8, 4) is 0 Å². The number of amides is 1. The van der Waals surface area contributed by atoms with Gasteiger partial charge >= 0.3 is 12.1 Å². The van der Waals surface area contributed by atoms with Crippen LogP contribution in [0.25, 0.3) is 0 Å². The number of rotatable bonds is 5. The topological polar surface area (TPSA) is 66.8 Å². The second-order valence-electron chi connectivity index (χ2n) is 5.60. The molecule has 110 valence electrons. The van der Waals surface area contributed by atoms with E-state index in [9.17, 15) is 9.59 Å². The highest BCUT2D eigenvalue weighted by Gasteiger charge is 2.37. The van der Waals surface area contributed by atoms with Gasteiger partial charge in [0.2, 0.25) is 0 Å². The fraction of sp³-hybridized carbons (Fsp3) is 0.429. The third-order valence-corrected chi connectivity index (χ3v) is 4.88. The second-order valence-corrected chi connectivity index (χ2v) is 10.4. The Labute approximate surface area is 120 Å². The van der Waals surface area contributed by atoms with E-state index in [0.29, 0.717) is 0 Å². The van der Waals surface area contributed by atoms with Crippen LogP contribution in [0.1, 0.15) is 12.5 Å². The van der Waals surface area contributed by atoms with Crippen LogP contribution in [0.3, 0.4) is 0 Å². The first-order valence-corrected chi connectivity index (χ1v) is 9.91. The van der Waals surface area contributed by atoms with E-state index in [-0.39, 0.29) is 6.61 Å². The Morgan fingerprint density at radius 3 is 2.25 bits per heavy atom. The number of hydrogen-bond acceptors (Lipinski definition) is 3. The summed E-state index contributed by atoms with van der Waals surface area (Å²) in [4.78, 5) is 23.3. The first-order chi connectivity index (χ1) is 9.23. The van der Waals surface area contributed by atoms with Gasteiger partial charge in [-0.2, -0.15) is 0 Å². The number of nitrogens with zero attached hydrogens (tertiary/aromatic N) is 1. The summed E-state index contributed by atoms with van der Waals surface area (Å²) >= 11 is 0. The zero-order valence-corrected chi connectivity index (χ0v) is 13.3. The molecule has 0 spiro atoms. The Kier molecular flexibility index (Phi) is 5.32. The molecule has 1 aromatic carbocycles. The van der Waals surface area contributed by atoms with E-state index in [1.54, 1.807) is 0 Å². The maximum Gasteiger partial charge on any atom is 0.402 e. The lowest BCUT2D eigenvalue weighted by Crippen LogP contribution is -2.56. The lowest BCUT2D eigenvalue weighted by Gasteiger charge is -2.36. The Balaban J connectivity index is 2.77. The molecule has 1 rings (SSSR count). The highest BCUT2D eigenvalue weighted by Crippen LogP contribution is 2.16. The third-order valence-electron chi connectivity index (χ3n) is 2.87. The summed E-state index contributed by atoms with van der Waals surface area (Å²) in [6, 6.07) is 8.43. The predicted molar refractivity (Wildman–Crippen MR) is 78.9 cm³/mol. The van der Waals surface area contributed by atoms with Crippen molar-refractivity contribution in [3.63, 3.8) is 0 Å². The Bertz CT molecular complexity index is 470. The van der Waals surface area contributed by atoms with Crippen LogP contribution in [-0.4, -0.2) is 36.0 Å². The first-order valence-electron chi connectivity index (χ1n) is 6.46. The number of carboxylic acid groups (broad SMARTS) is 1. The third kappa shape index (κ3) is 4.38. The minimum absolute atomic E-state index is 0.146. The molecule has 1 N–H and O–H groups in total. The van der Waals surface area contributed by atoms with Gasteiger partial charge in [-0.1, -0.05) is 50.0 Å². The van der Waals surface area contributed by atoms with Crippen molar-refractivity contribution in [1.29, 1.82) is 0 Å². The minimum atomic E-state index is -2.14. The lowest BCUT2D eigenvalue weighted by molar-refractivity contribution is -0.140. The summed E-state index contributed by atoms with van der Waals surface area (Å²) in [5, 5.41) is 9.12. The minimum Gasteiger partial charge on any atom is -0.480 e. The normalized spacial score (nSPS) is 12.6. The molecule has 5 nitrogen and oxygen atoms in total. The highest BCUT2D eigenvalue weighted by molar-refractivity contribution is 6.75.